The highest BCUT2D eigenvalue weighted by Crippen LogP contribution is 2.54. The standard InChI is InChI=1S/C9H5F15O/c10-3(5(13,14)15)6(16,17)25-2-1-4(11,12)7(18,19)8(20,21)9(22,23)24/h3H,1-2H2. The van der Waals surface area contributed by atoms with Crippen molar-refractivity contribution in [2.24, 2.45) is 0 Å². The van der Waals surface area contributed by atoms with E-state index < -0.39 is 55.4 Å². The Balaban J connectivity index is 5.17. The molecule has 0 bridgehead atoms. The van der Waals surface area contributed by atoms with Crippen LogP contribution >= 0.6 is 0 Å². The summed E-state index contributed by atoms with van der Waals surface area (Å²) in [5, 5.41) is 0. The Bertz CT molecular complexity index is 447. The van der Waals surface area contributed by atoms with Gasteiger partial charge in [0.15, 0.2) is 0 Å². The van der Waals surface area contributed by atoms with E-state index in [0.29, 0.717) is 0 Å². The van der Waals surface area contributed by atoms with Crippen molar-refractivity contribution >= 4 is 0 Å². The highest BCUT2D eigenvalue weighted by molar-refractivity contribution is 5.00. The second-order valence-electron chi connectivity index (χ2n) is 4.42. The van der Waals surface area contributed by atoms with Crippen LogP contribution < -0.4 is 0 Å². The molecule has 0 aromatic carbocycles. The van der Waals surface area contributed by atoms with E-state index in [1.807, 2.05) is 0 Å². The zero-order valence-corrected chi connectivity index (χ0v) is 11.1. The average molecular weight is 414 g/mol. The van der Waals surface area contributed by atoms with Crippen LogP contribution in [0.2, 0.25) is 0 Å². The van der Waals surface area contributed by atoms with Gasteiger partial charge in [-0.3, -0.25) is 0 Å². The van der Waals surface area contributed by atoms with E-state index in [0.717, 1.165) is 0 Å². The average Bonchev–Trinajstić information content (AvgIpc) is 2.34. The van der Waals surface area contributed by atoms with Gasteiger partial charge in [-0.25, -0.2) is 4.39 Å². The Labute approximate surface area is 127 Å². The molecule has 0 radical (unpaired) electrons. The van der Waals surface area contributed by atoms with Crippen LogP contribution in [-0.2, 0) is 4.74 Å². The zero-order valence-electron chi connectivity index (χ0n) is 11.1. The number of hydrogen-bond donors (Lipinski definition) is 0. The molecule has 1 nitrogen and oxygen atoms in total. The lowest BCUT2D eigenvalue weighted by atomic mass is 10.0. The fourth-order valence-electron chi connectivity index (χ4n) is 1.14. The Morgan fingerprint density at radius 3 is 1.36 bits per heavy atom. The van der Waals surface area contributed by atoms with Gasteiger partial charge in [-0.15, -0.1) is 0 Å². The number of hydrogen-bond acceptors (Lipinski definition) is 1. The molecule has 0 amide bonds. The van der Waals surface area contributed by atoms with Gasteiger partial charge in [-0.05, 0) is 0 Å². The van der Waals surface area contributed by atoms with Crippen LogP contribution in [0.25, 0.3) is 0 Å². The zero-order chi connectivity index (χ0) is 20.7. The Kier molecular flexibility index (Phi) is 6.28. The van der Waals surface area contributed by atoms with Crippen molar-refractivity contribution in [1.29, 1.82) is 0 Å². The highest BCUT2D eigenvalue weighted by atomic mass is 19.4. The molecular weight excluding hydrogens is 409 g/mol. The van der Waals surface area contributed by atoms with Crippen molar-refractivity contribution in [3.8, 4) is 0 Å². The highest BCUT2D eigenvalue weighted by Gasteiger charge is 2.81. The fraction of sp³-hybridized carbons (Fsp3) is 1.00. The molecule has 0 rings (SSSR count). The van der Waals surface area contributed by atoms with Gasteiger partial charge >= 0.3 is 36.2 Å². The summed E-state index contributed by atoms with van der Waals surface area (Å²) in [5.41, 5.74) is 0. The molecule has 0 saturated carbocycles. The lowest BCUT2D eigenvalue weighted by Gasteiger charge is -2.33. The third-order valence-corrected chi connectivity index (χ3v) is 2.50. The van der Waals surface area contributed by atoms with Gasteiger partial charge in [0.25, 0.3) is 6.17 Å². The molecule has 16 heteroatoms. The van der Waals surface area contributed by atoms with Crippen molar-refractivity contribution in [3.05, 3.63) is 0 Å². The molecule has 0 fully saturated rings. The minimum Gasteiger partial charge on any atom is -0.318 e. The molecule has 1 unspecified atom stereocenters. The van der Waals surface area contributed by atoms with Gasteiger partial charge in [-0.2, -0.15) is 61.5 Å². The number of rotatable bonds is 7. The molecule has 25 heavy (non-hydrogen) atoms. The van der Waals surface area contributed by atoms with E-state index in [2.05, 4.69) is 4.74 Å². The topological polar surface area (TPSA) is 9.23 Å². The van der Waals surface area contributed by atoms with E-state index in [9.17, 15) is 65.9 Å². The van der Waals surface area contributed by atoms with Crippen molar-refractivity contribution in [2.45, 2.75) is 48.8 Å². The van der Waals surface area contributed by atoms with Crippen molar-refractivity contribution in [1.82, 2.24) is 0 Å². The summed E-state index contributed by atoms with van der Waals surface area (Å²) in [6, 6.07) is 0. The molecule has 0 aromatic rings. The van der Waals surface area contributed by atoms with Crippen molar-refractivity contribution in [3.63, 3.8) is 0 Å². The van der Waals surface area contributed by atoms with Gasteiger partial charge in [0, 0.05) is 6.42 Å². The minimum absolute atomic E-state index is 2.60. The lowest BCUT2D eigenvalue weighted by molar-refractivity contribution is -0.399. The predicted molar refractivity (Wildman–Crippen MR) is 47.4 cm³/mol. The quantitative estimate of drug-likeness (QED) is 0.511. The van der Waals surface area contributed by atoms with Gasteiger partial charge < -0.3 is 4.74 Å². The smallest absolute Gasteiger partial charge is 0.318 e. The maximum atomic E-state index is 12.9. The Morgan fingerprint density at radius 2 is 1.04 bits per heavy atom. The van der Waals surface area contributed by atoms with Gasteiger partial charge in [0.1, 0.15) is 0 Å². The Morgan fingerprint density at radius 1 is 0.640 bits per heavy atom. The summed E-state index contributed by atoms with van der Waals surface area (Å²) in [5.74, 6) is -20.8. The van der Waals surface area contributed by atoms with Crippen LogP contribution in [0.1, 0.15) is 6.42 Å². The second kappa shape index (κ2) is 6.57. The molecule has 0 spiro atoms. The molecule has 0 aliphatic carbocycles. The first-order chi connectivity index (χ1) is 10.6. The number of halogens is 15. The molecule has 1 atom stereocenters. The summed E-state index contributed by atoms with van der Waals surface area (Å²) < 4.78 is 186. The molecule has 0 N–H and O–H groups in total. The molecular formula is C9H5F15O. The molecule has 0 aliphatic heterocycles. The largest absolute Gasteiger partial charge is 0.460 e. The van der Waals surface area contributed by atoms with Crippen molar-refractivity contribution < 1.29 is 70.6 Å². The van der Waals surface area contributed by atoms with Crippen LogP contribution in [-0.4, -0.2) is 49.0 Å². The first kappa shape index (κ1) is 23.9. The summed E-state index contributed by atoms with van der Waals surface area (Å²) >= 11 is 0. The number of alkyl halides is 15. The molecule has 0 heterocycles. The van der Waals surface area contributed by atoms with E-state index in [-0.39, 0.29) is 0 Å². The maximum absolute atomic E-state index is 12.9. The van der Waals surface area contributed by atoms with E-state index in [1.165, 1.54) is 0 Å². The van der Waals surface area contributed by atoms with Crippen LogP contribution in [0.3, 0.4) is 0 Å². The molecule has 0 saturated heterocycles. The summed E-state index contributed by atoms with van der Waals surface area (Å²) in [4.78, 5) is 0. The third kappa shape index (κ3) is 4.75. The third-order valence-electron chi connectivity index (χ3n) is 2.50. The Hall–Kier alpha value is -1.09. The van der Waals surface area contributed by atoms with E-state index in [4.69, 9.17) is 0 Å². The molecule has 0 aliphatic rings. The summed E-state index contributed by atoms with van der Waals surface area (Å²) in [6.07, 6.45) is -27.4. The van der Waals surface area contributed by atoms with E-state index >= 15 is 0 Å². The minimum atomic E-state index is -7.30. The SMILES string of the molecule is FC(C(F)(F)F)C(F)(F)OCCC(F)(F)C(F)(F)C(F)(F)C(F)(F)F. The second-order valence-corrected chi connectivity index (χ2v) is 4.42. The lowest BCUT2D eigenvalue weighted by Crippen LogP contribution is -2.61. The normalized spacial score (nSPS) is 16.9. The first-order valence-corrected chi connectivity index (χ1v) is 5.54. The van der Waals surface area contributed by atoms with E-state index in [1.54, 1.807) is 0 Å². The molecule has 152 valence electrons. The van der Waals surface area contributed by atoms with Gasteiger partial charge in [-0.1, -0.05) is 0 Å². The maximum Gasteiger partial charge on any atom is 0.460 e. The van der Waals surface area contributed by atoms with Gasteiger partial charge in [0.2, 0.25) is 0 Å². The summed E-state index contributed by atoms with van der Waals surface area (Å²) in [6.45, 7) is -2.60. The van der Waals surface area contributed by atoms with Crippen LogP contribution in [0, 0.1) is 0 Å². The number of ether oxygens (including phenoxy) is 1. The predicted octanol–water partition coefficient (Wildman–Crippen LogP) is 5.35. The van der Waals surface area contributed by atoms with Gasteiger partial charge in [0.05, 0.1) is 6.61 Å². The molecule has 0 aromatic heterocycles. The first-order valence-electron chi connectivity index (χ1n) is 5.54. The van der Waals surface area contributed by atoms with Crippen LogP contribution in [0.4, 0.5) is 65.9 Å². The van der Waals surface area contributed by atoms with Crippen LogP contribution in [0.15, 0.2) is 0 Å². The van der Waals surface area contributed by atoms with Crippen molar-refractivity contribution in [2.75, 3.05) is 6.61 Å². The summed E-state index contributed by atoms with van der Waals surface area (Å²) in [7, 11) is 0. The fourth-order valence-corrected chi connectivity index (χ4v) is 1.14. The van der Waals surface area contributed by atoms with Crippen LogP contribution in [0.5, 0.6) is 0 Å². The monoisotopic (exact) mass is 414 g/mol.